The van der Waals surface area contributed by atoms with Crippen LogP contribution in [0.1, 0.15) is 49.4 Å². The second-order valence-electron chi connectivity index (χ2n) is 6.82. The van der Waals surface area contributed by atoms with Crippen molar-refractivity contribution in [2.75, 3.05) is 12.3 Å². The van der Waals surface area contributed by atoms with Crippen LogP contribution in [0.3, 0.4) is 0 Å². The summed E-state index contributed by atoms with van der Waals surface area (Å²) in [6, 6.07) is 8.87. The van der Waals surface area contributed by atoms with E-state index in [1.54, 1.807) is 37.4 Å². The molecule has 0 aliphatic heterocycles. The fourth-order valence-corrected chi connectivity index (χ4v) is 3.79. The van der Waals surface area contributed by atoms with E-state index in [2.05, 4.69) is 5.10 Å². The summed E-state index contributed by atoms with van der Waals surface area (Å²) < 4.78 is 0. The van der Waals surface area contributed by atoms with Crippen LogP contribution in [-0.4, -0.2) is 75.2 Å². The number of hydrogen-bond acceptors (Lipinski definition) is 5. The van der Waals surface area contributed by atoms with Crippen LogP contribution in [0, 0.1) is 11.8 Å². The monoisotopic (exact) mass is 414 g/mol. The molecule has 0 radical (unpaired) electrons. The van der Waals surface area contributed by atoms with Gasteiger partial charge < -0.3 is 5.11 Å². The molecular formula is C20H27N2NaO4S. The Hall–Kier alpha value is -1.15. The summed E-state index contributed by atoms with van der Waals surface area (Å²) in [5.74, 6) is -1.42. The standard InChI is InChI=1S/C20H26N2O4S.Na.H/c1-15(14-27-20(26)17-10-6-3-7-11-17)19(25)22(13-18(23)24)21-12-16-8-4-2-5-9-16;;/h3,6-7,10-12,15-16H,2,4-5,8-9,13-14H2,1H3,(H,23,24);;. The third-order valence-corrected chi connectivity index (χ3v) is 5.67. The van der Waals surface area contributed by atoms with Gasteiger partial charge in [0.05, 0.1) is 0 Å². The molecule has 1 fully saturated rings. The number of hydrogen-bond donors (Lipinski definition) is 1. The van der Waals surface area contributed by atoms with Crippen LogP contribution in [0.4, 0.5) is 0 Å². The van der Waals surface area contributed by atoms with E-state index in [9.17, 15) is 14.4 Å². The number of carbonyl (C=O) groups excluding carboxylic acids is 2. The summed E-state index contributed by atoms with van der Waals surface area (Å²) in [4.78, 5) is 35.9. The van der Waals surface area contributed by atoms with Crippen LogP contribution in [-0.2, 0) is 9.59 Å². The van der Waals surface area contributed by atoms with Crippen molar-refractivity contribution in [3.05, 3.63) is 35.9 Å². The van der Waals surface area contributed by atoms with Crippen LogP contribution in [0.25, 0.3) is 0 Å². The summed E-state index contributed by atoms with van der Waals surface area (Å²) in [7, 11) is 0. The number of carboxylic acids is 1. The molecule has 1 unspecified atom stereocenters. The first-order valence-electron chi connectivity index (χ1n) is 9.27. The molecule has 0 bridgehead atoms. The molecule has 1 amide bonds. The third kappa shape index (κ3) is 8.47. The van der Waals surface area contributed by atoms with Crippen molar-refractivity contribution >= 4 is 64.5 Å². The quantitative estimate of drug-likeness (QED) is 0.401. The Balaban J connectivity index is 0.00000392. The average Bonchev–Trinajstić information content (AvgIpc) is 2.69. The third-order valence-electron chi connectivity index (χ3n) is 4.50. The Labute approximate surface area is 192 Å². The fourth-order valence-electron chi connectivity index (χ4n) is 2.95. The molecule has 1 aromatic rings. The minimum absolute atomic E-state index is 0. The van der Waals surface area contributed by atoms with Crippen LogP contribution in [0.15, 0.2) is 35.4 Å². The fraction of sp³-hybridized carbons (Fsp3) is 0.500. The predicted molar refractivity (Wildman–Crippen MR) is 114 cm³/mol. The molecule has 28 heavy (non-hydrogen) atoms. The first kappa shape index (κ1) is 24.9. The summed E-state index contributed by atoms with van der Waals surface area (Å²) in [6.07, 6.45) is 7.25. The number of rotatable bonds is 8. The van der Waals surface area contributed by atoms with Gasteiger partial charge in [-0.25, -0.2) is 5.01 Å². The molecule has 0 saturated heterocycles. The number of carbonyl (C=O) groups is 3. The number of thioether (sulfide) groups is 1. The molecule has 6 nitrogen and oxygen atoms in total. The van der Waals surface area contributed by atoms with Crippen molar-refractivity contribution in [1.82, 2.24) is 5.01 Å². The molecule has 1 atom stereocenters. The van der Waals surface area contributed by atoms with E-state index in [1.165, 1.54) is 6.42 Å². The number of nitrogens with zero attached hydrogens (tertiary/aromatic N) is 2. The van der Waals surface area contributed by atoms with E-state index in [0.29, 0.717) is 11.5 Å². The number of benzene rings is 1. The molecule has 148 valence electrons. The number of hydrazone groups is 1. The number of carboxylic acid groups (broad SMARTS) is 1. The van der Waals surface area contributed by atoms with Gasteiger partial charge in [-0.15, -0.1) is 0 Å². The van der Waals surface area contributed by atoms with E-state index in [4.69, 9.17) is 5.11 Å². The van der Waals surface area contributed by atoms with Crippen molar-refractivity contribution in [2.45, 2.75) is 39.0 Å². The van der Waals surface area contributed by atoms with Crippen molar-refractivity contribution < 1.29 is 19.5 Å². The predicted octanol–water partition coefficient (Wildman–Crippen LogP) is 3.03. The second-order valence-corrected chi connectivity index (χ2v) is 7.81. The molecule has 2 rings (SSSR count). The number of amides is 1. The van der Waals surface area contributed by atoms with Crippen molar-refractivity contribution in [2.24, 2.45) is 16.9 Å². The first-order chi connectivity index (χ1) is 13.0. The van der Waals surface area contributed by atoms with E-state index in [0.717, 1.165) is 42.5 Å². The molecule has 1 aromatic carbocycles. The zero-order valence-electron chi connectivity index (χ0n) is 15.5. The molecular weight excluding hydrogens is 387 g/mol. The Bertz CT molecular complexity index is 678. The van der Waals surface area contributed by atoms with Gasteiger partial charge in [0.15, 0.2) is 0 Å². The van der Waals surface area contributed by atoms with Gasteiger partial charge in [-0.1, -0.05) is 68.3 Å². The normalized spacial score (nSPS) is 15.6. The molecule has 0 spiro atoms. The van der Waals surface area contributed by atoms with Crippen molar-refractivity contribution in [3.8, 4) is 0 Å². The van der Waals surface area contributed by atoms with Gasteiger partial charge in [0.25, 0.3) is 0 Å². The van der Waals surface area contributed by atoms with Gasteiger partial charge in [0, 0.05) is 23.4 Å². The van der Waals surface area contributed by atoms with E-state index >= 15 is 0 Å². The molecule has 8 heteroatoms. The SMILES string of the molecule is CC(CSC(=O)c1ccccc1)C(=O)N(CC(=O)O)N=CC1CCCCC1.[NaH]. The Morgan fingerprint density at radius 2 is 1.86 bits per heavy atom. The molecule has 1 N–H and O–H groups in total. The molecule has 0 aromatic heterocycles. The zero-order chi connectivity index (χ0) is 19.6. The minimum atomic E-state index is -1.11. The summed E-state index contributed by atoms with van der Waals surface area (Å²) in [6.45, 7) is 1.22. The van der Waals surface area contributed by atoms with Crippen molar-refractivity contribution in [3.63, 3.8) is 0 Å². The van der Waals surface area contributed by atoms with Crippen LogP contribution < -0.4 is 0 Å². The van der Waals surface area contributed by atoms with Gasteiger partial charge in [-0.2, -0.15) is 5.10 Å². The average molecular weight is 415 g/mol. The van der Waals surface area contributed by atoms with Crippen LogP contribution in [0.5, 0.6) is 0 Å². The topological polar surface area (TPSA) is 87.0 Å². The van der Waals surface area contributed by atoms with Crippen LogP contribution in [0.2, 0.25) is 0 Å². The van der Waals surface area contributed by atoms with E-state index < -0.39 is 18.4 Å². The van der Waals surface area contributed by atoms with Crippen molar-refractivity contribution in [1.29, 1.82) is 0 Å². The van der Waals surface area contributed by atoms with E-state index in [1.807, 2.05) is 6.07 Å². The van der Waals surface area contributed by atoms with Gasteiger partial charge in [0.1, 0.15) is 6.54 Å². The summed E-state index contributed by atoms with van der Waals surface area (Å²) in [5.41, 5.74) is 0.583. The molecule has 1 saturated carbocycles. The van der Waals surface area contributed by atoms with Gasteiger partial charge in [-0.05, 0) is 18.8 Å². The summed E-state index contributed by atoms with van der Waals surface area (Å²) in [5, 5.41) is 14.2. The maximum atomic E-state index is 12.6. The summed E-state index contributed by atoms with van der Waals surface area (Å²) >= 11 is 1.06. The van der Waals surface area contributed by atoms with Gasteiger partial charge in [-0.3, -0.25) is 14.4 Å². The number of aliphatic carboxylic acids is 1. The van der Waals surface area contributed by atoms with Crippen LogP contribution >= 0.6 is 11.8 Å². The second kappa shape index (κ2) is 13.1. The Morgan fingerprint density at radius 3 is 2.46 bits per heavy atom. The van der Waals surface area contributed by atoms with Gasteiger partial charge in [0.2, 0.25) is 11.0 Å². The van der Waals surface area contributed by atoms with Gasteiger partial charge >= 0.3 is 35.5 Å². The zero-order valence-corrected chi connectivity index (χ0v) is 16.4. The molecule has 0 heterocycles. The first-order valence-corrected chi connectivity index (χ1v) is 10.3. The van der Waals surface area contributed by atoms with E-state index in [-0.39, 0.29) is 46.3 Å². The Kier molecular flexibility index (Phi) is 11.7. The molecule has 1 aliphatic rings. The molecule has 1 aliphatic carbocycles. The Morgan fingerprint density at radius 1 is 1.21 bits per heavy atom. The maximum absolute atomic E-state index is 12.6.